The van der Waals surface area contributed by atoms with Crippen molar-refractivity contribution in [3.05, 3.63) is 48.5 Å². The predicted octanol–water partition coefficient (Wildman–Crippen LogP) is 2.56. The van der Waals surface area contributed by atoms with E-state index in [1.165, 1.54) is 37.1 Å². The molecule has 1 N–H and O–H groups in total. The molecule has 0 aliphatic carbocycles. The van der Waals surface area contributed by atoms with Crippen LogP contribution in [-0.4, -0.2) is 22.1 Å². The van der Waals surface area contributed by atoms with Crippen LogP contribution in [0.2, 0.25) is 0 Å². The Balaban J connectivity index is 1.67. The quantitative estimate of drug-likeness (QED) is 0.895. The zero-order chi connectivity index (χ0) is 12.2. The fourth-order valence-electron chi connectivity index (χ4n) is 2.60. The van der Waals surface area contributed by atoms with Gasteiger partial charge in [-0.2, -0.15) is 0 Å². The van der Waals surface area contributed by atoms with Crippen LogP contribution in [-0.2, 0) is 6.42 Å². The molecular formula is C15H19N3. The number of rotatable bonds is 3. The minimum atomic E-state index is 0.665. The lowest BCUT2D eigenvalue weighted by molar-refractivity contribution is 0.399. The van der Waals surface area contributed by atoms with Crippen LogP contribution in [0.5, 0.6) is 0 Å². The van der Waals surface area contributed by atoms with Crippen LogP contribution >= 0.6 is 0 Å². The third-order valence-electron chi connectivity index (χ3n) is 3.63. The Hall–Kier alpha value is -1.61. The Kier molecular flexibility index (Phi) is 3.42. The molecule has 2 heterocycles. The topological polar surface area (TPSA) is 29.9 Å². The summed E-state index contributed by atoms with van der Waals surface area (Å²) in [4.78, 5) is 4.07. The standard InChI is InChI=1S/C15H19N3/c1-2-8-17-14(3-1)11-13-4-6-15(7-5-13)18-10-9-16-12-18/h4-7,9-10,12,14,17H,1-3,8,11H2. The molecule has 94 valence electrons. The third-order valence-corrected chi connectivity index (χ3v) is 3.63. The second-order valence-electron chi connectivity index (χ2n) is 4.99. The number of hydrogen-bond donors (Lipinski definition) is 1. The normalized spacial score (nSPS) is 19.9. The van der Waals surface area contributed by atoms with Gasteiger partial charge in [0.25, 0.3) is 0 Å². The molecule has 1 aromatic heterocycles. The average molecular weight is 241 g/mol. The SMILES string of the molecule is c1cn(-c2ccc(CC3CCCCN3)cc2)cn1. The summed E-state index contributed by atoms with van der Waals surface area (Å²) >= 11 is 0. The summed E-state index contributed by atoms with van der Waals surface area (Å²) in [6.07, 6.45) is 10.8. The van der Waals surface area contributed by atoms with E-state index in [0.29, 0.717) is 6.04 Å². The molecule has 0 spiro atoms. The van der Waals surface area contributed by atoms with Crippen molar-refractivity contribution in [1.29, 1.82) is 0 Å². The highest BCUT2D eigenvalue weighted by Gasteiger charge is 2.12. The molecule has 3 heteroatoms. The molecule has 3 nitrogen and oxygen atoms in total. The minimum absolute atomic E-state index is 0.665. The van der Waals surface area contributed by atoms with Gasteiger partial charge < -0.3 is 9.88 Å². The van der Waals surface area contributed by atoms with Crippen molar-refractivity contribution in [2.24, 2.45) is 0 Å². The molecule has 1 fully saturated rings. The molecule has 1 unspecified atom stereocenters. The summed E-state index contributed by atoms with van der Waals surface area (Å²) in [5, 5.41) is 3.59. The summed E-state index contributed by atoms with van der Waals surface area (Å²) in [5.41, 5.74) is 2.59. The number of nitrogens with zero attached hydrogens (tertiary/aromatic N) is 2. The first kappa shape index (κ1) is 11.5. The van der Waals surface area contributed by atoms with Gasteiger partial charge >= 0.3 is 0 Å². The first-order valence-corrected chi connectivity index (χ1v) is 6.72. The van der Waals surface area contributed by atoms with E-state index >= 15 is 0 Å². The zero-order valence-electron chi connectivity index (χ0n) is 10.5. The molecule has 0 bridgehead atoms. The molecular weight excluding hydrogens is 222 g/mol. The lowest BCUT2D eigenvalue weighted by atomic mass is 9.98. The molecule has 0 radical (unpaired) electrons. The number of nitrogens with one attached hydrogen (secondary N) is 1. The number of benzene rings is 1. The van der Waals surface area contributed by atoms with Crippen molar-refractivity contribution in [2.75, 3.05) is 6.54 Å². The van der Waals surface area contributed by atoms with Crippen LogP contribution in [0.1, 0.15) is 24.8 Å². The van der Waals surface area contributed by atoms with E-state index in [4.69, 9.17) is 0 Å². The van der Waals surface area contributed by atoms with Crippen LogP contribution in [0.3, 0.4) is 0 Å². The summed E-state index contributed by atoms with van der Waals surface area (Å²) in [6, 6.07) is 9.45. The Morgan fingerprint density at radius 1 is 1.22 bits per heavy atom. The fraction of sp³-hybridized carbons (Fsp3) is 0.400. The van der Waals surface area contributed by atoms with E-state index in [2.05, 4.69) is 34.6 Å². The predicted molar refractivity (Wildman–Crippen MR) is 72.9 cm³/mol. The maximum Gasteiger partial charge on any atom is 0.0991 e. The van der Waals surface area contributed by atoms with Gasteiger partial charge in [-0.15, -0.1) is 0 Å². The molecule has 0 amide bonds. The smallest absolute Gasteiger partial charge is 0.0991 e. The Labute approximate surface area is 108 Å². The van der Waals surface area contributed by atoms with Gasteiger partial charge in [-0.1, -0.05) is 18.6 Å². The van der Waals surface area contributed by atoms with E-state index in [-0.39, 0.29) is 0 Å². The maximum absolute atomic E-state index is 4.07. The lowest BCUT2D eigenvalue weighted by Gasteiger charge is -2.23. The first-order valence-electron chi connectivity index (χ1n) is 6.72. The van der Waals surface area contributed by atoms with Crippen LogP contribution in [0, 0.1) is 0 Å². The van der Waals surface area contributed by atoms with Gasteiger partial charge in [0.1, 0.15) is 0 Å². The average Bonchev–Trinajstić information content (AvgIpc) is 2.95. The van der Waals surface area contributed by atoms with Gasteiger partial charge in [0.2, 0.25) is 0 Å². The first-order chi connectivity index (χ1) is 8.92. The van der Waals surface area contributed by atoms with E-state index in [0.717, 1.165) is 6.42 Å². The highest BCUT2D eigenvalue weighted by molar-refractivity contribution is 5.34. The Bertz CT molecular complexity index is 467. The Morgan fingerprint density at radius 3 is 2.78 bits per heavy atom. The van der Waals surface area contributed by atoms with Crippen LogP contribution < -0.4 is 5.32 Å². The van der Waals surface area contributed by atoms with Crippen LogP contribution in [0.25, 0.3) is 5.69 Å². The van der Waals surface area contributed by atoms with Gasteiger partial charge in [-0.25, -0.2) is 4.98 Å². The van der Waals surface area contributed by atoms with Crippen molar-refractivity contribution in [3.8, 4) is 5.69 Å². The summed E-state index contributed by atoms with van der Waals surface area (Å²) < 4.78 is 2.03. The Morgan fingerprint density at radius 2 is 2.11 bits per heavy atom. The molecule has 2 aromatic rings. The highest BCUT2D eigenvalue weighted by Crippen LogP contribution is 2.15. The molecule has 1 aliphatic rings. The van der Waals surface area contributed by atoms with E-state index in [1.807, 2.05) is 17.1 Å². The van der Waals surface area contributed by atoms with E-state index in [1.54, 1.807) is 6.20 Å². The third kappa shape index (κ3) is 2.62. The second kappa shape index (κ2) is 5.36. The summed E-state index contributed by atoms with van der Waals surface area (Å²) in [5.74, 6) is 0. The minimum Gasteiger partial charge on any atom is -0.314 e. The monoisotopic (exact) mass is 241 g/mol. The molecule has 18 heavy (non-hydrogen) atoms. The number of aromatic nitrogens is 2. The van der Waals surface area contributed by atoms with Crippen molar-refractivity contribution >= 4 is 0 Å². The molecule has 1 aromatic carbocycles. The van der Waals surface area contributed by atoms with Gasteiger partial charge in [-0.05, 0) is 43.5 Å². The van der Waals surface area contributed by atoms with Gasteiger partial charge in [-0.3, -0.25) is 0 Å². The molecule has 1 aliphatic heterocycles. The molecule has 1 saturated heterocycles. The number of imidazole rings is 1. The fourth-order valence-corrected chi connectivity index (χ4v) is 2.60. The largest absolute Gasteiger partial charge is 0.314 e. The molecule has 1 atom stereocenters. The van der Waals surface area contributed by atoms with Gasteiger partial charge in [0.05, 0.1) is 6.33 Å². The number of hydrogen-bond acceptors (Lipinski definition) is 2. The van der Waals surface area contributed by atoms with Gasteiger partial charge in [0, 0.05) is 24.1 Å². The van der Waals surface area contributed by atoms with Crippen molar-refractivity contribution in [3.63, 3.8) is 0 Å². The maximum atomic E-state index is 4.07. The van der Waals surface area contributed by atoms with Crippen molar-refractivity contribution in [2.45, 2.75) is 31.7 Å². The lowest BCUT2D eigenvalue weighted by Crippen LogP contribution is -2.35. The van der Waals surface area contributed by atoms with Crippen LogP contribution in [0.4, 0.5) is 0 Å². The van der Waals surface area contributed by atoms with Crippen LogP contribution in [0.15, 0.2) is 43.0 Å². The van der Waals surface area contributed by atoms with Crippen molar-refractivity contribution < 1.29 is 0 Å². The highest BCUT2D eigenvalue weighted by atomic mass is 15.0. The summed E-state index contributed by atoms with van der Waals surface area (Å²) in [7, 11) is 0. The zero-order valence-corrected chi connectivity index (χ0v) is 10.5. The number of piperidine rings is 1. The molecule has 3 rings (SSSR count). The summed E-state index contributed by atoms with van der Waals surface area (Å²) in [6.45, 7) is 1.18. The second-order valence-corrected chi connectivity index (χ2v) is 4.99. The van der Waals surface area contributed by atoms with Crippen molar-refractivity contribution in [1.82, 2.24) is 14.9 Å². The van der Waals surface area contributed by atoms with E-state index < -0.39 is 0 Å². The van der Waals surface area contributed by atoms with Gasteiger partial charge in [0.15, 0.2) is 0 Å². The molecule has 0 saturated carbocycles. The van der Waals surface area contributed by atoms with E-state index in [9.17, 15) is 0 Å².